The van der Waals surface area contributed by atoms with E-state index >= 15 is 0 Å². The average molecular weight is 489 g/mol. The van der Waals surface area contributed by atoms with Gasteiger partial charge in [0, 0.05) is 35.1 Å². The zero-order valence-electron chi connectivity index (χ0n) is 20.1. The molecule has 2 heterocycles. The second kappa shape index (κ2) is 9.37. The standard InChI is InChI=1S/C27H28N4O3S/c1-18-8-9-19(2)24(16-18)28-27-23-7-5-4-6-22(23)26(29-30-27)21-11-10-20(3)25(17-21)35(32,33)31-12-14-34-15-13-31/h4-11,16-17H,12-15H2,1-3H3,(H,28,30). The fraction of sp³-hybridized carbons (Fsp3) is 0.259. The topological polar surface area (TPSA) is 84.4 Å². The van der Waals surface area contributed by atoms with E-state index in [0.29, 0.717) is 53.8 Å². The minimum Gasteiger partial charge on any atom is -0.379 e. The van der Waals surface area contributed by atoms with Crippen molar-refractivity contribution in [2.24, 2.45) is 0 Å². The molecule has 0 radical (unpaired) electrons. The molecule has 1 aromatic heterocycles. The summed E-state index contributed by atoms with van der Waals surface area (Å²) in [5.41, 5.74) is 5.30. The lowest BCUT2D eigenvalue weighted by Gasteiger charge is -2.26. The summed E-state index contributed by atoms with van der Waals surface area (Å²) in [4.78, 5) is 0.292. The van der Waals surface area contributed by atoms with Gasteiger partial charge in [-0.15, -0.1) is 10.2 Å². The summed E-state index contributed by atoms with van der Waals surface area (Å²) in [5, 5.41) is 14.3. The monoisotopic (exact) mass is 488 g/mol. The maximum atomic E-state index is 13.4. The molecule has 0 bridgehead atoms. The zero-order valence-corrected chi connectivity index (χ0v) is 20.9. The van der Waals surface area contributed by atoms with Gasteiger partial charge in [-0.3, -0.25) is 0 Å². The van der Waals surface area contributed by atoms with Crippen LogP contribution in [0.3, 0.4) is 0 Å². The molecule has 0 saturated carbocycles. The molecule has 5 rings (SSSR count). The lowest BCUT2D eigenvalue weighted by Crippen LogP contribution is -2.40. The van der Waals surface area contributed by atoms with Crippen LogP contribution in [0, 0.1) is 20.8 Å². The van der Waals surface area contributed by atoms with Crippen LogP contribution in [0.25, 0.3) is 22.0 Å². The van der Waals surface area contributed by atoms with Gasteiger partial charge in [0.25, 0.3) is 0 Å². The minimum absolute atomic E-state index is 0.292. The van der Waals surface area contributed by atoms with E-state index in [1.807, 2.05) is 43.3 Å². The summed E-state index contributed by atoms with van der Waals surface area (Å²) in [6.45, 7) is 7.44. The van der Waals surface area contributed by atoms with Crippen molar-refractivity contribution in [3.63, 3.8) is 0 Å². The summed E-state index contributed by atoms with van der Waals surface area (Å²) in [5.74, 6) is 0.659. The fourth-order valence-electron chi connectivity index (χ4n) is 4.36. The molecule has 1 aliphatic heterocycles. The number of aromatic nitrogens is 2. The van der Waals surface area contributed by atoms with E-state index < -0.39 is 10.0 Å². The van der Waals surface area contributed by atoms with E-state index in [0.717, 1.165) is 27.6 Å². The second-order valence-electron chi connectivity index (χ2n) is 8.88. The summed E-state index contributed by atoms with van der Waals surface area (Å²) in [6.07, 6.45) is 0. The van der Waals surface area contributed by atoms with Crippen LogP contribution in [0.15, 0.2) is 65.6 Å². The number of ether oxygens (including phenoxy) is 1. The molecule has 1 fully saturated rings. The molecule has 0 aliphatic carbocycles. The Morgan fingerprint density at radius 2 is 1.57 bits per heavy atom. The molecule has 1 aliphatic rings. The number of sulfonamides is 1. The molecule has 8 heteroatoms. The second-order valence-corrected chi connectivity index (χ2v) is 10.8. The maximum absolute atomic E-state index is 13.4. The van der Waals surface area contributed by atoms with Crippen molar-refractivity contribution < 1.29 is 13.2 Å². The van der Waals surface area contributed by atoms with Crippen LogP contribution in [0.5, 0.6) is 0 Å². The number of aryl methyl sites for hydroxylation is 3. The number of fused-ring (bicyclic) bond motifs is 1. The molecular weight excluding hydrogens is 460 g/mol. The van der Waals surface area contributed by atoms with Gasteiger partial charge in [0.05, 0.1) is 18.1 Å². The van der Waals surface area contributed by atoms with E-state index in [2.05, 4.69) is 47.6 Å². The van der Waals surface area contributed by atoms with Gasteiger partial charge in [0.2, 0.25) is 10.0 Å². The summed E-state index contributed by atoms with van der Waals surface area (Å²) >= 11 is 0. The number of hydrogen-bond donors (Lipinski definition) is 1. The number of nitrogens with zero attached hydrogens (tertiary/aromatic N) is 3. The quantitative estimate of drug-likeness (QED) is 0.426. The van der Waals surface area contributed by atoms with Gasteiger partial charge in [-0.05, 0) is 49.6 Å². The minimum atomic E-state index is -3.64. The Bertz CT molecular complexity index is 1510. The van der Waals surface area contributed by atoms with Gasteiger partial charge in [-0.1, -0.05) is 48.5 Å². The third kappa shape index (κ3) is 4.52. The van der Waals surface area contributed by atoms with Crippen LogP contribution < -0.4 is 5.32 Å². The summed E-state index contributed by atoms with van der Waals surface area (Å²) in [6, 6.07) is 19.6. The van der Waals surface area contributed by atoms with Crippen LogP contribution in [-0.2, 0) is 14.8 Å². The van der Waals surface area contributed by atoms with Crippen molar-refractivity contribution in [1.29, 1.82) is 0 Å². The molecule has 4 aromatic rings. The van der Waals surface area contributed by atoms with Gasteiger partial charge in [0.15, 0.2) is 5.82 Å². The Morgan fingerprint density at radius 1 is 0.857 bits per heavy atom. The van der Waals surface area contributed by atoms with E-state index in [1.165, 1.54) is 4.31 Å². The predicted molar refractivity (Wildman–Crippen MR) is 138 cm³/mol. The number of morpholine rings is 1. The van der Waals surface area contributed by atoms with Crippen LogP contribution in [-0.4, -0.2) is 49.2 Å². The lowest BCUT2D eigenvalue weighted by molar-refractivity contribution is 0.0730. The highest BCUT2D eigenvalue weighted by Gasteiger charge is 2.28. The Morgan fingerprint density at radius 3 is 2.34 bits per heavy atom. The van der Waals surface area contributed by atoms with E-state index in [1.54, 1.807) is 6.07 Å². The van der Waals surface area contributed by atoms with Crippen LogP contribution in [0.2, 0.25) is 0 Å². The van der Waals surface area contributed by atoms with Crippen molar-refractivity contribution in [1.82, 2.24) is 14.5 Å². The first-order chi connectivity index (χ1) is 16.8. The number of benzene rings is 3. The van der Waals surface area contributed by atoms with E-state index in [9.17, 15) is 8.42 Å². The molecule has 35 heavy (non-hydrogen) atoms. The van der Waals surface area contributed by atoms with Crippen molar-refractivity contribution in [2.75, 3.05) is 31.6 Å². The highest BCUT2D eigenvalue weighted by molar-refractivity contribution is 7.89. The van der Waals surface area contributed by atoms with Crippen molar-refractivity contribution >= 4 is 32.3 Å². The molecule has 3 aromatic carbocycles. The van der Waals surface area contributed by atoms with Crippen LogP contribution >= 0.6 is 0 Å². The summed E-state index contributed by atoms with van der Waals surface area (Å²) in [7, 11) is -3.64. The predicted octanol–water partition coefficient (Wildman–Crippen LogP) is 4.99. The normalized spacial score (nSPS) is 14.8. The zero-order chi connectivity index (χ0) is 24.6. The fourth-order valence-corrected chi connectivity index (χ4v) is 6.02. The van der Waals surface area contributed by atoms with Crippen LogP contribution in [0.4, 0.5) is 11.5 Å². The number of nitrogens with one attached hydrogen (secondary N) is 1. The molecule has 0 spiro atoms. The Labute approximate surface area is 205 Å². The van der Waals surface area contributed by atoms with Gasteiger partial charge in [-0.25, -0.2) is 8.42 Å². The third-order valence-electron chi connectivity index (χ3n) is 6.38. The highest BCUT2D eigenvalue weighted by atomic mass is 32.2. The van der Waals surface area contributed by atoms with Crippen LogP contribution in [0.1, 0.15) is 16.7 Å². The highest BCUT2D eigenvalue weighted by Crippen LogP contribution is 2.34. The smallest absolute Gasteiger partial charge is 0.243 e. The van der Waals surface area contributed by atoms with E-state index in [-0.39, 0.29) is 0 Å². The Balaban J connectivity index is 1.59. The molecular formula is C27H28N4O3S. The average Bonchev–Trinajstić information content (AvgIpc) is 2.87. The largest absolute Gasteiger partial charge is 0.379 e. The molecule has 7 nitrogen and oxygen atoms in total. The number of anilines is 2. The van der Waals surface area contributed by atoms with Gasteiger partial charge >= 0.3 is 0 Å². The third-order valence-corrected chi connectivity index (χ3v) is 8.42. The first-order valence-corrected chi connectivity index (χ1v) is 13.1. The molecule has 0 atom stereocenters. The molecule has 180 valence electrons. The molecule has 0 amide bonds. The van der Waals surface area contributed by atoms with Gasteiger partial charge in [0.1, 0.15) is 5.69 Å². The van der Waals surface area contributed by atoms with E-state index in [4.69, 9.17) is 4.74 Å². The molecule has 0 unspecified atom stereocenters. The molecule has 1 saturated heterocycles. The van der Waals surface area contributed by atoms with Crippen molar-refractivity contribution in [3.8, 4) is 11.3 Å². The summed E-state index contributed by atoms with van der Waals surface area (Å²) < 4.78 is 33.6. The maximum Gasteiger partial charge on any atom is 0.243 e. The lowest BCUT2D eigenvalue weighted by atomic mass is 10.0. The number of rotatable bonds is 5. The Kier molecular flexibility index (Phi) is 6.27. The first kappa shape index (κ1) is 23.4. The Hall–Kier alpha value is -3.33. The molecule has 1 N–H and O–H groups in total. The van der Waals surface area contributed by atoms with Gasteiger partial charge in [-0.2, -0.15) is 4.31 Å². The first-order valence-electron chi connectivity index (χ1n) is 11.6. The SMILES string of the molecule is Cc1ccc(C)c(Nc2nnc(-c3ccc(C)c(S(=O)(=O)N4CCOCC4)c3)c3ccccc23)c1. The van der Waals surface area contributed by atoms with Crippen molar-refractivity contribution in [3.05, 3.63) is 77.4 Å². The van der Waals surface area contributed by atoms with Gasteiger partial charge < -0.3 is 10.1 Å². The number of hydrogen-bond acceptors (Lipinski definition) is 6. The van der Waals surface area contributed by atoms with Crippen molar-refractivity contribution in [2.45, 2.75) is 25.7 Å².